The molecule has 2 rings (SSSR count). The number of carboxylic acid groups (broad SMARTS) is 2. The highest BCUT2D eigenvalue weighted by molar-refractivity contribution is 5.89. The summed E-state index contributed by atoms with van der Waals surface area (Å²) in [5, 5.41) is 17.4. The lowest BCUT2D eigenvalue weighted by Gasteiger charge is -2.07. The molecule has 0 aliphatic heterocycles. The van der Waals surface area contributed by atoms with Crippen molar-refractivity contribution in [1.29, 1.82) is 0 Å². The Morgan fingerprint density at radius 1 is 0.750 bits per heavy atom. The first-order valence-corrected chi connectivity index (χ1v) is 5.46. The van der Waals surface area contributed by atoms with Crippen LogP contribution in [-0.4, -0.2) is 22.2 Å². The van der Waals surface area contributed by atoms with Gasteiger partial charge in [0, 0.05) is 11.1 Å². The zero-order chi connectivity index (χ0) is 14.9. The molecule has 0 aliphatic carbocycles. The van der Waals surface area contributed by atoms with Crippen LogP contribution >= 0.6 is 0 Å². The molecule has 0 unspecified atom stereocenters. The highest BCUT2D eigenvalue weighted by Gasteiger charge is 2.14. The van der Waals surface area contributed by atoms with E-state index in [1.807, 2.05) is 0 Å². The van der Waals surface area contributed by atoms with Crippen LogP contribution in [0, 0.1) is 11.6 Å². The van der Waals surface area contributed by atoms with Crippen molar-refractivity contribution < 1.29 is 28.6 Å². The van der Waals surface area contributed by atoms with Gasteiger partial charge in [-0.3, -0.25) is 0 Å². The number of benzene rings is 2. The first kappa shape index (κ1) is 13.7. The number of hydrogen-bond acceptors (Lipinski definition) is 2. The predicted octanol–water partition coefficient (Wildman–Crippen LogP) is 3.03. The van der Waals surface area contributed by atoms with Gasteiger partial charge in [0.25, 0.3) is 0 Å². The molecule has 0 fully saturated rings. The van der Waals surface area contributed by atoms with Gasteiger partial charge in [-0.05, 0) is 24.3 Å². The summed E-state index contributed by atoms with van der Waals surface area (Å²) in [5.74, 6) is -4.38. The molecule has 0 bridgehead atoms. The molecule has 0 atom stereocenters. The van der Waals surface area contributed by atoms with Crippen LogP contribution in [0.3, 0.4) is 0 Å². The van der Waals surface area contributed by atoms with Crippen molar-refractivity contribution in [3.63, 3.8) is 0 Å². The van der Waals surface area contributed by atoms with E-state index in [0.717, 1.165) is 36.4 Å². The van der Waals surface area contributed by atoms with Gasteiger partial charge in [0.1, 0.15) is 11.6 Å². The Hall–Kier alpha value is -2.76. The van der Waals surface area contributed by atoms with Gasteiger partial charge in [-0.15, -0.1) is 0 Å². The highest BCUT2D eigenvalue weighted by Crippen LogP contribution is 2.27. The minimum atomic E-state index is -1.29. The Kier molecular flexibility index (Phi) is 3.47. The molecule has 20 heavy (non-hydrogen) atoms. The van der Waals surface area contributed by atoms with Crippen molar-refractivity contribution in [3.8, 4) is 11.1 Å². The minimum absolute atomic E-state index is 0.135. The van der Waals surface area contributed by atoms with Crippen molar-refractivity contribution in [2.75, 3.05) is 0 Å². The van der Waals surface area contributed by atoms with Crippen LogP contribution in [0.25, 0.3) is 11.1 Å². The number of aromatic carboxylic acids is 2. The zero-order valence-electron chi connectivity index (χ0n) is 9.93. The maximum atomic E-state index is 13.8. The SMILES string of the molecule is O=C(O)c1ccc(-c2ccc(C(=O)O)cc2F)c(F)c1. The fourth-order valence-corrected chi connectivity index (χ4v) is 1.73. The molecule has 0 aliphatic rings. The summed E-state index contributed by atoms with van der Waals surface area (Å²) in [6, 6.07) is 6.12. The van der Waals surface area contributed by atoms with Gasteiger partial charge >= 0.3 is 11.9 Å². The van der Waals surface area contributed by atoms with E-state index < -0.39 is 23.6 Å². The second-order valence-electron chi connectivity index (χ2n) is 4.00. The smallest absolute Gasteiger partial charge is 0.335 e. The average molecular weight is 278 g/mol. The lowest BCUT2D eigenvalue weighted by atomic mass is 10.0. The van der Waals surface area contributed by atoms with Crippen molar-refractivity contribution in [2.24, 2.45) is 0 Å². The van der Waals surface area contributed by atoms with Crippen LogP contribution in [0.15, 0.2) is 36.4 Å². The quantitative estimate of drug-likeness (QED) is 0.905. The summed E-state index contributed by atoms with van der Waals surface area (Å²) < 4.78 is 27.6. The number of rotatable bonds is 3. The Balaban J connectivity index is 2.52. The summed E-state index contributed by atoms with van der Waals surface area (Å²) in [7, 11) is 0. The number of carboxylic acids is 2. The third-order valence-corrected chi connectivity index (χ3v) is 2.72. The highest BCUT2D eigenvalue weighted by atomic mass is 19.1. The molecule has 0 aromatic heterocycles. The van der Waals surface area contributed by atoms with E-state index in [0.29, 0.717) is 0 Å². The van der Waals surface area contributed by atoms with Gasteiger partial charge in [-0.25, -0.2) is 18.4 Å². The first-order valence-electron chi connectivity index (χ1n) is 5.46. The Morgan fingerprint density at radius 2 is 1.10 bits per heavy atom. The second-order valence-corrected chi connectivity index (χ2v) is 4.00. The van der Waals surface area contributed by atoms with Gasteiger partial charge in [-0.2, -0.15) is 0 Å². The standard InChI is InChI=1S/C14H8F2O4/c15-11-5-7(13(17)18)1-3-9(11)10-4-2-8(14(19)20)6-12(10)16/h1-6H,(H,17,18)(H,19,20). The van der Waals surface area contributed by atoms with Crippen molar-refractivity contribution >= 4 is 11.9 Å². The van der Waals surface area contributed by atoms with E-state index in [1.54, 1.807) is 0 Å². The van der Waals surface area contributed by atoms with E-state index in [-0.39, 0.29) is 22.3 Å². The fourth-order valence-electron chi connectivity index (χ4n) is 1.73. The second kappa shape index (κ2) is 5.08. The van der Waals surface area contributed by atoms with E-state index >= 15 is 0 Å². The molecule has 2 aromatic carbocycles. The monoisotopic (exact) mass is 278 g/mol. The van der Waals surface area contributed by atoms with E-state index in [1.165, 1.54) is 0 Å². The summed E-state index contributed by atoms with van der Waals surface area (Å²) in [6.45, 7) is 0. The number of halogens is 2. The summed E-state index contributed by atoms with van der Waals surface area (Å²) in [6.07, 6.45) is 0. The molecule has 6 heteroatoms. The molecule has 0 radical (unpaired) electrons. The molecule has 0 saturated carbocycles. The summed E-state index contributed by atoms with van der Waals surface area (Å²) in [4.78, 5) is 21.4. The maximum absolute atomic E-state index is 13.8. The van der Waals surface area contributed by atoms with Gasteiger partial charge in [0.15, 0.2) is 0 Å². The molecular weight excluding hydrogens is 270 g/mol. The molecule has 4 nitrogen and oxygen atoms in total. The Morgan fingerprint density at radius 3 is 1.35 bits per heavy atom. The van der Waals surface area contributed by atoms with Crippen LogP contribution in [0.4, 0.5) is 8.78 Å². The van der Waals surface area contributed by atoms with Crippen molar-refractivity contribution in [1.82, 2.24) is 0 Å². The van der Waals surface area contributed by atoms with Crippen LogP contribution in [0.5, 0.6) is 0 Å². The van der Waals surface area contributed by atoms with E-state index in [9.17, 15) is 18.4 Å². The van der Waals surface area contributed by atoms with E-state index in [4.69, 9.17) is 10.2 Å². The fraction of sp³-hybridized carbons (Fsp3) is 0. The lowest BCUT2D eigenvalue weighted by Crippen LogP contribution is -2.00. The topological polar surface area (TPSA) is 74.6 Å². The molecule has 0 heterocycles. The predicted molar refractivity (Wildman–Crippen MR) is 65.7 cm³/mol. The normalized spacial score (nSPS) is 10.3. The Labute approximate surface area is 111 Å². The van der Waals surface area contributed by atoms with Crippen LogP contribution in [-0.2, 0) is 0 Å². The molecular formula is C14H8F2O4. The molecule has 0 amide bonds. The summed E-state index contributed by atoms with van der Waals surface area (Å²) in [5.41, 5.74) is -0.781. The summed E-state index contributed by atoms with van der Waals surface area (Å²) >= 11 is 0. The van der Waals surface area contributed by atoms with Crippen molar-refractivity contribution in [2.45, 2.75) is 0 Å². The van der Waals surface area contributed by atoms with Gasteiger partial charge < -0.3 is 10.2 Å². The van der Waals surface area contributed by atoms with Crippen LogP contribution in [0.2, 0.25) is 0 Å². The first-order chi connectivity index (χ1) is 9.40. The van der Waals surface area contributed by atoms with E-state index in [2.05, 4.69) is 0 Å². The Bertz CT molecular complexity index is 649. The molecule has 0 saturated heterocycles. The number of hydrogen-bond donors (Lipinski definition) is 2. The molecule has 102 valence electrons. The molecule has 0 spiro atoms. The van der Waals surface area contributed by atoms with Crippen LogP contribution < -0.4 is 0 Å². The lowest BCUT2D eigenvalue weighted by molar-refractivity contribution is 0.0685. The largest absolute Gasteiger partial charge is 0.478 e. The van der Waals surface area contributed by atoms with Gasteiger partial charge in [0.05, 0.1) is 11.1 Å². The maximum Gasteiger partial charge on any atom is 0.335 e. The molecule has 2 aromatic rings. The van der Waals surface area contributed by atoms with Gasteiger partial charge in [-0.1, -0.05) is 12.1 Å². The third-order valence-electron chi connectivity index (χ3n) is 2.72. The van der Waals surface area contributed by atoms with Gasteiger partial charge in [0.2, 0.25) is 0 Å². The number of carbonyl (C=O) groups is 2. The van der Waals surface area contributed by atoms with Crippen molar-refractivity contribution in [3.05, 3.63) is 59.2 Å². The zero-order valence-corrected chi connectivity index (χ0v) is 9.93. The minimum Gasteiger partial charge on any atom is -0.478 e. The third kappa shape index (κ3) is 2.49. The average Bonchev–Trinajstić information content (AvgIpc) is 2.38. The van der Waals surface area contributed by atoms with Crippen LogP contribution in [0.1, 0.15) is 20.7 Å². The molecule has 2 N–H and O–H groups in total.